The summed E-state index contributed by atoms with van der Waals surface area (Å²) in [6, 6.07) is 14.9. The lowest BCUT2D eigenvalue weighted by atomic mass is 10.1. The third-order valence-electron chi connectivity index (χ3n) is 3.88. The van der Waals surface area contributed by atoms with Gasteiger partial charge < -0.3 is 14.8 Å². The second-order valence-corrected chi connectivity index (χ2v) is 6.31. The number of rotatable bonds is 4. The fourth-order valence-corrected chi connectivity index (χ4v) is 3.06. The molecule has 0 saturated heterocycles. The number of carbonyl (C=O) groups is 1. The zero-order valence-corrected chi connectivity index (χ0v) is 14.7. The number of halogens is 1. The van der Waals surface area contributed by atoms with Crippen molar-refractivity contribution in [2.45, 2.75) is 6.54 Å². The average molecular weight is 400 g/mol. The number of carbonyl (C=O) groups excluding carboxylic acids is 1. The molecule has 0 unspecified atom stereocenters. The van der Waals surface area contributed by atoms with Crippen molar-refractivity contribution in [1.29, 1.82) is 0 Å². The summed E-state index contributed by atoms with van der Waals surface area (Å²) in [4.78, 5) is 12.6. The minimum atomic E-state index is -0.267. The van der Waals surface area contributed by atoms with Crippen molar-refractivity contribution >= 4 is 27.7 Å². The van der Waals surface area contributed by atoms with E-state index in [-0.39, 0.29) is 12.7 Å². The van der Waals surface area contributed by atoms with E-state index < -0.39 is 0 Å². The van der Waals surface area contributed by atoms with Crippen LogP contribution in [-0.4, -0.2) is 22.5 Å². The van der Waals surface area contributed by atoms with Crippen LogP contribution in [0.3, 0.4) is 0 Å². The van der Waals surface area contributed by atoms with Gasteiger partial charge in [-0.2, -0.15) is 5.10 Å². The quantitative estimate of drug-likeness (QED) is 0.726. The number of fused-ring (bicyclic) bond motifs is 1. The number of anilines is 1. The molecule has 7 heteroatoms. The fourth-order valence-electron chi connectivity index (χ4n) is 2.65. The largest absolute Gasteiger partial charge is 0.454 e. The van der Waals surface area contributed by atoms with Crippen molar-refractivity contribution < 1.29 is 14.3 Å². The number of nitrogens with one attached hydrogen (secondary N) is 1. The van der Waals surface area contributed by atoms with E-state index in [1.54, 1.807) is 35.1 Å². The lowest BCUT2D eigenvalue weighted by Crippen LogP contribution is -2.16. The first-order chi connectivity index (χ1) is 12.2. The molecule has 1 aliphatic heterocycles. The van der Waals surface area contributed by atoms with Crippen LogP contribution in [0, 0.1) is 0 Å². The summed E-state index contributed by atoms with van der Waals surface area (Å²) in [7, 11) is 0. The smallest absolute Gasteiger partial charge is 0.260 e. The molecular formula is C18H14BrN3O3. The van der Waals surface area contributed by atoms with Gasteiger partial charge in [-0.05, 0) is 23.8 Å². The van der Waals surface area contributed by atoms with Gasteiger partial charge in [-0.3, -0.25) is 4.79 Å². The molecule has 0 radical (unpaired) electrons. The minimum Gasteiger partial charge on any atom is -0.454 e. The zero-order chi connectivity index (χ0) is 17.2. The van der Waals surface area contributed by atoms with E-state index in [1.165, 1.54) is 0 Å². The van der Waals surface area contributed by atoms with Crippen molar-refractivity contribution in [3.8, 4) is 11.5 Å². The highest BCUT2D eigenvalue weighted by molar-refractivity contribution is 9.10. The van der Waals surface area contributed by atoms with E-state index in [0.717, 1.165) is 10.0 Å². The Morgan fingerprint density at radius 1 is 1.16 bits per heavy atom. The molecule has 0 spiro atoms. The molecule has 0 saturated carbocycles. The van der Waals surface area contributed by atoms with Gasteiger partial charge in [0, 0.05) is 10.5 Å². The summed E-state index contributed by atoms with van der Waals surface area (Å²) >= 11 is 3.53. The molecule has 0 fully saturated rings. The number of hydrogen-bond donors (Lipinski definition) is 1. The van der Waals surface area contributed by atoms with Gasteiger partial charge >= 0.3 is 0 Å². The Kier molecular flexibility index (Phi) is 4.15. The minimum absolute atomic E-state index is 0.125. The van der Waals surface area contributed by atoms with Crippen molar-refractivity contribution in [2.24, 2.45) is 0 Å². The van der Waals surface area contributed by atoms with Crippen LogP contribution in [0.4, 0.5) is 5.82 Å². The molecule has 0 bridgehead atoms. The molecule has 2 aromatic carbocycles. The number of benzene rings is 2. The topological polar surface area (TPSA) is 65.4 Å². The van der Waals surface area contributed by atoms with Gasteiger partial charge in [-0.15, -0.1) is 0 Å². The maximum Gasteiger partial charge on any atom is 0.260 e. The second-order valence-electron chi connectivity index (χ2n) is 5.46. The van der Waals surface area contributed by atoms with Crippen LogP contribution in [0.1, 0.15) is 15.9 Å². The molecule has 4 rings (SSSR count). The van der Waals surface area contributed by atoms with E-state index in [4.69, 9.17) is 9.47 Å². The average Bonchev–Trinajstić information content (AvgIpc) is 3.26. The van der Waals surface area contributed by atoms with Crippen LogP contribution in [0.15, 0.2) is 59.2 Å². The lowest BCUT2D eigenvalue weighted by molar-refractivity contribution is 0.102. The van der Waals surface area contributed by atoms with Gasteiger partial charge in [-0.25, -0.2) is 4.68 Å². The zero-order valence-electron chi connectivity index (χ0n) is 13.1. The van der Waals surface area contributed by atoms with Crippen LogP contribution < -0.4 is 14.8 Å². The molecule has 126 valence electrons. The molecular weight excluding hydrogens is 386 g/mol. The summed E-state index contributed by atoms with van der Waals surface area (Å²) in [6.45, 7) is 0.663. The van der Waals surface area contributed by atoms with Crippen molar-refractivity contribution in [1.82, 2.24) is 9.78 Å². The Labute approximate surface area is 152 Å². The van der Waals surface area contributed by atoms with Crippen LogP contribution in [0.5, 0.6) is 11.5 Å². The van der Waals surface area contributed by atoms with Gasteiger partial charge in [0.1, 0.15) is 5.82 Å². The molecule has 0 atom stereocenters. The number of nitrogens with zero attached hydrogens (tertiary/aromatic N) is 2. The summed E-state index contributed by atoms with van der Waals surface area (Å²) in [5, 5.41) is 7.18. The number of amides is 1. The first-order valence-electron chi connectivity index (χ1n) is 7.67. The van der Waals surface area contributed by atoms with Crippen LogP contribution in [-0.2, 0) is 6.54 Å². The van der Waals surface area contributed by atoms with Gasteiger partial charge in [0.2, 0.25) is 6.79 Å². The molecule has 2 heterocycles. The number of hydrogen-bond acceptors (Lipinski definition) is 4. The van der Waals surface area contributed by atoms with Crippen LogP contribution in [0.25, 0.3) is 0 Å². The Morgan fingerprint density at radius 3 is 2.92 bits per heavy atom. The highest BCUT2D eigenvalue weighted by Gasteiger charge is 2.22. The number of para-hydroxylation sites is 1. The summed E-state index contributed by atoms with van der Waals surface area (Å²) < 4.78 is 13.4. The van der Waals surface area contributed by atoms with Gasteiger partial charge in [0.25, 0.3) is 5.91 Å². The standard InChI is InChI=1S/C18H14BrN3O3/c19-14-6-2-1-4-12(14)10-22-16(8-9-20-22)21-18(23)13-5-3-7-15-17(13)25-11-24-15/h1-9H,10-11H2,(H,21,23). The normalized spacial score (nSPS) is 12.2. The van der Waals surface area contributed by atoms with E-state index >= 15 is 0 Å². The Hall–Kier alpha value is -2.80. The molecule has 0 aliphatic carbocycles. The highest BCUT2D eigenvalue weighted by atomic mass is 79.9. The van der Waals surface area contributed by atoms with Crippen molar-refractivity contribution in [3.05, 3.63) is 70.3 Å². The summed E-state index contributed by atoms with van der Waals surface area (Å²) in [6.07, 6.45) is 1.65. The van der Waals surface area contributed by atoms with Gasteiger partial charge in [0.05, 0.1) is 18.3 Å². The third-order valence-corrected chi connectivity index (χ3v) is 4.65. The summed E-state index contributed by atoms with van der Waals surface area (Å²) in [5.41, 5.74) is 1.50. The Bertz CT molecular complexity index is 939. The Morgan fingerprint density at radius 2 is 2.04 bits per heavy atom. The second kappa shape index (κ2) is 6.60. The number of ether oxygens (including phenoxy) is 2. The van der Waals surface area contributed by atoms with Gasteiger partial charge in [-0.1, -0.05) is 40.2 Å². The SMILES string of the molecule is O=C(Nc1ccnn1Cc1ccccc1Br)c1cccc2c1OCO2. The maximum atomic E-state index is 12.6. The van der Waals surface area contributed by atoms with E-state index in [0.29, 0.717) is 29.4 Å². The van der Waals surface area contributed by atoms with E-state index in [1.807, 2.05) is 24.3 Å². The van der Waals surface area contributed by atoms with E-state index in [9.17, 15) is 4.79 Å². The molecule has 1 amide bonds. The van der Waals surface area contributed by atoms with Gasteiger partial charge in [0.15, 0.2) is 11.5 Å². The molecule has 3 aromatic rings. The summed E-state index contributed by atoms with van der Waals surface area (Å²) in [5.74, 6) is 1.39. The highest BCUT2D eigenvalue weighted by Crippen LogP contribution is 2.35. The first kappa shape index (κ1) is 15.7. The molecule has 1 aromatic heterocycles. The van der Waals surface area contributed by atoms with Crippen molar-refractivity contribution in [2.75, 3.05) is 12.1 Å². The van der Waals surface area contributed by atoms with E-state index in [2.05, 4.69) is 26.3 Å². The first-order valence-corrected chi connectivity index (χ1v) is 8.47. The lowest BCUT2D eigenvalue weighted by Gasteiger charge is -2.11. The maximum absolute atomic E-state index is 12.6. The third kappa shape index (κ3) is 3.10. The molecule has 6 nitrogen and oxygen atoms in total. The predicted molar refractivity (Wildman–Crippen MR) is 96.0 cm³/mol. The van der Waals surface area contributed by atoms with Crippen LogP contribution in [0.2, 0.25) is 0 Å². The molecule has 1 aliphatic rings. The Balaban J connectivity index is 1.57. The molecule has 25 heavy (non-hydrogen) atoms. The predicted octanol–water partition coefficient (Wildman–Crippen LogP) is 3.67. The van der Waals surface area contributed by atoms with Crippen molar-refractivity contribution in [3.63, 3.8) is 0 Å². The molecule has 1 N–H and O–H groups in total. The number of aromatic nitrogens is 2. The van der Waals surface area contributed by atoms with Crippen LogP contribution >= 0.6 is 15.9 Å². The fraction of sp³-hybridized carbons (Fsp3) is 0.111. The monoisotopic (exact) mass is 399 g/mol.